The maximum atomic E-state index is 5.52. The van der Waals surface area contributed by atoms with Gasteiger partial charge in [-0.3, -0.25) is 0 Å². The largest absolute Gasteiger partial charge is 0.491 e. The smallest absolute Gasteiger partial charge is 0.119 e. The van der Waals surface area contributed by atoms with E-state index in [9.17, 15) is 0 Å². The van der Waals surface area contributed by atoms with E-state index in [1.54, 1.807) is 0 Å². The van der Waals surface area contributed by atoms with Gasteiger partial charge in [0.1, 0.15) is 12.4 Å². The molecule has 90 valence electrons. The number of rotatable bonds is 7. The molecule has 0 radical (unpaired) electrons. The van der Waals surface area contributed by atoms with Crippen LogP contribution in [0, 0.1) is 5.92 Å². The topological polar surface area (TPSA) is 18.5 Å². The average Bonchev–Trinajstić information content (AvgIpc) is 2.25. The molecule has 0 saturated carbocycles. The van der Waals surface area contributed by atoms with E-state index < -0.39 is 0 Å². The molecule has 0 N–H and O–H groups in total. The minimum absolute atomic E-state index is 0.611. The maximum Gasteiger partial charge on any atom is 0.119 e. The summed E-state index contributed by atoms with van der Waals surface area (Å²) in [4.78, 5) is 0. The molecule has 0 aliphatic rings. The van der Waals surface area contributed by atoms with Crippen LogP contribution in [-0.4, -0.2) is 19.8 Å². The van der Waals surface area contributed by atoms with Crippen molar-refractivity contribution >= 4 is 15.9 Å². The fourth-order valence-corrected chi connectivity index (χ4v) is 1.43. The molecule has 16 heavy (non-hydrogen) atoms. The lowest BCUT2D eigenvalue weighted by Crippen LogP contribution is -2.08. The molecule has 0 unspecified atom stereocenters. The Bertz CT molecular complexity index is 282. The van der Waals surface area contributed by atoms with Crippen LogP contribution in [0.4, 0.5) is 0 Å². The SMILES string of the molecule is CC(C)CCOCCOc1ccc(Br)cc1. The number of ether oxygens (including phenoxy) is 2. The lowest BCUT2D eigenvalue weighted by atomic mass is 10.1. The van der Waals surface area contributed by atoms with Gasteiger partial charge in [-0.25, -0.2) is 0 Å². The van der Waals surface area contributed by atoms with Gasteiger partial charge in [0.2, 0.25) is 0 Å². The van der Waals surface area contributed by atoms with E-state index in [0.717, 1.165) is 23.2 Å². The Hall–Kier alpha value is -0.540. The third-order valence-corrected chi connectivity index (χ3v) is 2.68. The summed E-state index contributed by atoms with van der Waals surface area (Å²) >= 11 is 3.38. The second kappa shape index (κ2) is 7.69. The lowest BCUT2D eigenvalue weighted by Gasteiger charge is -2.08. The highest BCUT2D eigenvalue weighted by Crippen LogP contribution is 2.15. The zero-order valence-corrected chi connectivity index (χ0v) is 11.5. The van der Waals surface area contributed by atoms with Crippen LogP contribution < -0.4 is 4.74 Å². The minimum Gasteiger partial charge on any atom is -0.491 e. The Morgan fingerprint density at radius 2 is 1.75 bits per heavy atom. The van der Waals surface area contributed by atoms with Crippen LogP contribution in [0.25, 0.3) is 0 Å². The fourth-order valence-electron chi connectivity index (χ4n) is 1.17. The van der Waals surface area contributed by atoms with Gasteiger partial charge < -0.3 is 9.47 Å². The summed E-state index contributed by atoms with van der Waals surface area (Å²) in [5.74, 6) is 1.59. The summed E-state index contributed by atoms with van der Waals surface area (Å²) in [6.07, 6.45) is 1.11. The van der Waals surface area contributed by atoms with E-state index in [0.29, 0.717) is 19.1 Å². The first-order chi connectivity index (χ1) is 7.68. The zero-order valence-electron chi connectivity index (χ0n) is 9.91. The Balaban J connectivity index is 2.05. The molecular weight excluding hydrogens is 268 g/mol. The van der Waals surface area contributed by atoms with Crippen molar-refractivity contribution in [1.82, 2.24) is 0 Å². The predicted octanol–water partition coefficient (Wildman–Crippen LogP) is 3.89. The van der Waals surface area contributed by atoms with Gasteiger partial charge in [0.05, 0.1) is 6.61 Å². The Morgan fingerprint density at radius 1 is 1.06 bits per heavy atom. The molecule has 0 saturated heterocycles. The van der Waals surface area contributed by atoms with Crippen LogP contribution in [0.15, 0.2) is 28.7 Å². The van der Waals surface area contributed by atoms with Gasteiger partial charge in [0.15, 0.2) is 0 Å². The summed E-state index contributed by atoms with van der Waals surface area (Å²) in [5, 5.41) is 0. The van der Waals surface area contributed by atoms with Crippen molar-refractivity contribution in [1.29, 1.82) is 0 Å². The molecule has 0 aliphatic carbocycles. The first-order valence-corrected chi connectivity index (χ1v) is 6.44. The van der Waals surface area contributed by atoms with Crippen LogP contribution in [0.5, 0.6) is 5.75 Å². The highest BCUT2D eigenvalue weighted by atomic mass is 79.9. The van der Waals surface area contributed by atoms with Gasteiger partial charge >= 0.3 is 0 Å². The van der Waals surface area contributed by atoms with Crippen molar-refractivity contribution in [3.05, 3.63) is 28.7 Å². The predicted molar refractivity (Wildman–Crippen MR) is 69.9 cm³/mol. The second-order valence-electron chi connectivity index (χ2n) is 4.10. The highest BCUT2D eigenvalue weighted by molar-refractivity contribution is 9.10. The highest BCUT2D eigenvalue weighted by Gasteiger charge is 1.95. The molecule has 0 atom stereocenters. The summed E-state index contributed by atoms with van der Waals surface area (Å²) in [5.41, 5.74) is 0. The van der Waals surface area contributed by atoms with Gasteiger partial charge in [0.25, 0.3) is 0 Å². The van der Waals surface area contributed by atoms with E-state index in [2.05, 4.69) is 29.8 Å². The molecule has 0 amide bonds. The van der Waals surface area contributed by atoms with Crippen LogP contribution in [0.2, 0.25) is 0 Å². The summed E-state index contributed by atoms with van der Waals surface area (Å²) in [7, 11) is 0. The lowest BCUT2D eigenvalue weighted by molar-refractivity contribution is 0.0926. The monoisotopic (exact) mass is 286 g/mol. The van der Waals surface area contributed by atoms with Gasteiger partial charge in [-0.05, 0) is 36.6 Å². The Labute approximate surface area is 106 Å². The zero-order chi connectivity index (χ0) is 11.8. The van der Waals surface area contributed by atoms with Crippen LogP contribution in [0.1, 0.15) is 20.3 Å². The molecule has 1 aromatic carbocycles. The van der Waals surface area contributed by atoms with Gasteiger partial charge in [0, 0.05) is 11.1 Å². The van der Waals surface area contributed by atoms with Crippen LogP contribution in [-0.2, 0) is 4.74 Å². The standard InChI is InChI=1S/C13H19BrO2/c1-11(2)7-8-15-9-10-16-13-5-3-12(14)4-6-13/h3-6,11H,7-10H2,1-2H3. The van der Waals surface area contributed by atoms with Crippen molar-refractivity contribution in [2.75, 3.05) is 19.8 Å². The van der Waals surface area contributed by atoms with E-state index >= 15 is 0 Å². The minimum atomic E-state index is 0.611. The van der Waals surface area contributed by atoms with E-state index in [1.807, 2.05) is 24.3 Å². The molecular formula is C13H19BrO2. The maximum absolute atomic E-state index is 5.52. The first kappa shape index (κ1) is 13.5. The quantitative estimate of drug-likeness (QED) is 0.708. The first-order valence-electron chi connectivity index (χ1n) is 5.64. The van der Waals surface area contributed by atoms with Crippen molar-refractivity contribution in [3.8, 4) is 5.75 Å². The molecule has 1 aromatic rings. The van der Waals surface area contributed by atoms with Gasteiger partial charge in [-0.15, -0.1) is 0 Å². The van der Waals surface area contributed by atoms with Crippen molar-refractivity contribution in [3.63, 3.8) is 0 Å². The molecule has 0 fully saturated rings. The van der Waals surface area contributed by atoms with Gasteiger partial charge in [-0.2, -0.15) is 0 Å². The Kier molecular flexibility index (Phi) is 6.50. The van der Waals surface area contributed by atoms with Crippen LogP contribution >= 0.6 is 15.9 Å². The third-order valence-electron chi connectivity index (χ3n) is 2.15. The summed E-state index contributed by atoms with van der Waals surface area (Å²) in [6, 6.07) is 7.82. The Morgan fingerprint density at radius 3 is 2.38 bits per heavy atom. The molecule has 0 aliphatic heterocycles. The fraction of sp³-hybridized carbons (Fsp3) is 0.538. The van der Waals surface area contributed by atoms with Crippen LogP contribution in [0.3, 0.4) is 0 Å². The van der Waals surface area contributed by atoms with Crippen molar-refractivity contribution in [2.24, 2.45) is 5.92 Å². The molecule has 1 rings (SSSR count). The summed E-state index contributed by atoms with van der Waals surface area (Å²) < 4.78 is 12.0. The molecule has 2 nitrogen and oxygen atoms in total. The van der Waals surface area contributed by atoms with Crippen molar-refractivity contribution in [2.45, 2.75) is 20.3 Å². The normalized spacial score (nSPS) is 10.8. The molecule has 3 heteroatoms. The van der Waals surface area contributed by atoms with Crippen molar-refractivity contribution < 1.29 is 9.47 Å². The van der Waals surface area contributed by atoms with E-state index in [-0.39, 0.29) is 0 Å². The average molecular weight is 287 g/mol. The number of halogens is 1. The number of benzene rings is 1. The van der Waals surface area contributed by atoms with Gasteiger partial charge in [-0.1, -0.05) is 29.8 Å². The second-order valence-corrected chi connectivity index (χ2v) is 5.01. The third kappa shape index (κ3) is 6.13. The summed E-state index contributed by atoms with van der Waals surface area (Å²) in [6.45, 7) is 6.48. The van der Waals surface area contributed by atoms with E-state index in [4.69, 9.17) is 9.47 Å². The molecule has 0 heterocycles. The molecule has 0 spiro atoms. The van der Waals surface area contributed by atoms with E-state index in [1.165, 1.54) is 0 Å². The molecule has 0 bridgehead atoms. The number of hydrogen-bond acceptors (Lipinski definition) is 2. The molecule has 0 aromatic heterocycles. The number of hydrogen-bond donors (Lipinski definition) is 0.